The normalized spacial score (nSPS) is 16.7. The van der Waals surface area contributed by atoms with Gasteiger partial charge in [0.15, 0.2) is 0 Å². The molecule has 26 heavy (non-hydrogen) atoms. The Balaban J connectivity index is 1.59. The first-order chi connectivity index (χ1) is 12.8. The number of imidazole rings is 1. The number of nitrogens with one attached hydrogen (secondary N) is 1. The molecule has 1 N–H and O–H groups in total. The summed E-state index contributed by atoms with van der Waals surface area (Å²) < 4.78 is 5.09. The molecule has 0 bridgehead atoms. The summed E-state index contributed by atoms with van der Waals surface area (Å²) in [6.07, 6.45) is 4.96. The van der Waals surface area contributed by atoms with E-state index < -0.39 is 0 Å². The Labute approximate surface area is 151 Å². The number of aromatic amines is 1. The number of hydrogen-bond acceptors (Lipinski definition) is 5. The van der Waals surface area contributed by atoms with Gasteiger partial charge in [-0.2, -0.15) is 0 Å². The van der Waals surface area contributed by atoms with Gasteiger partial charge < -0.3 is 14.6 Å². The maximum absolute atomic E-state index is 12.9. The lowest BCUT2D eigenvalue weighted by Crippen LogP contribution is -2.31. The highest BCUT2D eigenvalue weighted by atomic mass is 16.5. The molecule has 1 atom stereocenters. The molecular formula is C19H19N5O2. The summed E-state index contributed by atoms with van der Waals surface area (Å²) in [5, 5.41) is 0. The second-order valence-electron chi connectivity index (χ2n) is 6.15. The number of nitrogens with zero attached hydrogens (tertiary/aromatic N) is 4. The Hall–Kier alpha value is -3.22. The number of amides is 1. The van der Waals surface area contributed by atoms with Crippen LogP contribution in [0.4, 0.5) is 0 Å². The number of likely N-dealkylation sites (tertiary alicyclic amines) is 1. The van der Waals surface area contributed by atoms with Crippen molar-refractivity contribution in [1.29, 1.82) is 0 Å². The molecule has 3 heterocycles. The third-order valence-corrected chi connectivity index (χ3v) is 4.58. The number of aromatic nitrogens is 4. The standard InChI is InChI=1S/C19H19N5O2/c1-26-17-10-14(21-12-22-17)19(25)24-9-5-8-16(24)18-20-11-15(23-18)13-6-3-2-4-7-13/h2-4,6-7,10-12,16H,5,8-9H2,1H3,(H,20,23). The van der Waals surface area contributed by atoms with Crippen LogP contribution in [0.3, 0.4) is 0 Å². The number of carbonyl (C=O) groups is 1. The number of ether oxygens (including phenoxy) is 1. The first-order valence-corrected chi connectivity index (χ1v) is 8.53. The molecular weight excluding hydrogens is 330 g/mol. The monoisotopic (exact) mass is 349 g/mol. The molecule has 1 saturated heterocycles. The van der Waals surface area contributed by atoms with Crippen LogP contribution < -0.4 is 4.74 Å². The van der Waals surface area contributed by atoms with Gasteiger partial charge in [-0.25, -0.2) is 15.0 Å². The highest BCUT2D eigenvalue weighted by molar-refractivity contribution is 5.93. The Kier molecular flexibility index (Phi) is 4.35. The van der Waals surface area contributed by atoms with Crippen LogP contribution in [0.5, 0.6) is 5.88 Å². The van der Waals surface area contributed by atoms with Gasteiger partial charge in [-0.05, 0) is 18.4 Å². The molecule has 1 fully saturated rings. The molecule has 4 rings (SSSR count). The predicted octanol–water partition coefficient (Wildman–Crippen LogP) is 2.85. The summed E-state index contributed by atoms with van der Waals surface area (Å²) in [6, 6.07) is 11.5. The van der Waals surface area contributed by atoms with Gasteiger partial charge in [0.25, 0.3) is 5.91 Å². The van der Waals surface area contributed by atoms with Crippen LogP contribution in [0.25, 0.3) is 11.3 Å². The van der Waals surface area contributed by atoms with E-state index in [4.69, 9.17) is 4.74 Å². The van der Waals surface area contributed by atoms with E-state index in [1.165, 1.54) is 13.4 Å². The fourth-order valence-electron chi connectivity index (χ4n) is 3.28. The van der Waals surface area contributed by atoms with Crippen molar-refractivity contribution in [3.63, 3.8) is 0 Å². The van der Waals surface area contributed by atoms with Crippen molar-refractivity contribution >= 4 is 5.91 Å². The summed E-state index contributed by atoms with van der Waals surface area (Å²) in [4.78, 5) is 30.7. The second-order valence-corrected chi connectivity index (χ2v) is 6.15. The van der Waals surface area contributed by atoms with Gasteiger partial charge in [-0.15, -0.1) is 0 Å². The van der Waals surface area contributed by atoms with E-state index in [0.29, 0.717) is 18.1 Å². The Morgan fingerprint density at radius 3 is 2.88 bits per heavy atom. The fraction of sp³-hybridized carbons (Fsp3) is 0.263. The maximum Gasteiger partial charge on any atom is 0.273 e. The van der Waals surface area contributed by atoms with Crippen LogP contribution in [-0.4, -0.2) is 44.4 Å². The number of H-pyrrole nitrogens is 1. The summed E-state index contributed by atoms with van der Waals surface area (Å²) >= 11 is 0. The van der Waals surface area contributed by atoms with Crippen molar-refractivity contribution in [2.24, 2.45) is 0 Å². The number of methoxy groups -OCH3 is 1. The third-order valence-electron chi connectivity index (χ3n) is 4.58. The van der Waals surface area contributed by atoms with Crippen LogP contribution in [0, 0.1) is 0 Å². The lowest BCUT2D eigenvalue weighted by atomic mass is 10.2. The molecule has 132 valence electrons. The number of benzene rings is 1. The summed E-state index contributed by atoms with van der Waals surface area (Å²) in [6.45, 7) is 0.678. The first-order valence-electron chi connectivity index (χ1n) is 8.53. The molecule has 1 amide bonds. The van der Waals surface area contributed by atoms with Crippen molar-refractivity contribution in [2.75, 3.05) is 13.7 Å². The van der Waals surface area contributed by atoms with E-state index in [2.05, 4.69) is 19.9 Å². The van der Waals surface area contributed by atoms with Crippen molar-refractivity contribution < 1.29 is 9.53 Å². The van der Waals surface area contributed by atoms with E-state index in [9.17, 15) is 4.79 Å². The molecule has 1 unspecified atom stereocenters. The molecule has 1 aromatic carbocycles. The van der Waals surface area contributed by atoms with Crippen molar-refractivity contribution in [2.45, 2.75) is 18.9 Å². The maximum atomic E-state index is 12.9. The third kappa shape index (κ3) is 3.03. The highest BCUT2D eigenvalue weighted by Crippen LogP contribution is 2.32. The molecule has 1 aliphatic rings. The number of rotatable bonds is 4. The average molecular weight is 349 g/mol. The van der Waals surface area contributed by atoms with Crippen LogP contribution >= 0.6 is 0 Å². The SMILES string of the molecule is COc1cc(C(=O)N2CCCC2c2ncc(-c3ccccc3)[nH]2)ncn1. The summed E-state index contributed by atoms with van der Waals surface area (Å²) in [5.74, 6) is 1.05. The Bertz CT molecular complexity index is 909. The molecule has 2 aromatic heterocycles. The van der Waals surface area contributed by atoms with E-state index >= 15 is 0 Å². The number of carbonyl (C=O) groups excluding carboxylic acids is 1. The Morgan fingerprint density at radius 1 is 1.23 bits per heavy atom. The van der Waals surface area contributed by atoms with Crippen LogP contribution in [0.15, 0.2) is 48.9 Å². The first kappa shape index (κ1) is 16.3. The molecule has 0 aliphatic carbocycles. The fourth-order valence-corrected chi connectivity index (χ4v) is 3.28. The molecule has 7 nitrogen and oxygen atoms in total. The van der Waals surface area contributed by atoms with Gasteiger partial charge in [0.1, 0.15) is 17.8 Å². The van der Waals surface area contributed by atoms with Crippen molar-refractivity contribution in [3.05, 3.63) is 60.4 Å². The average Bonchev–Trinajstić information content (AvgIpc) is 3.37. The van der Waals surface area contributed by atoms with E-state index in [-0.39, 0.29) is 11.9 Å². The van der Waals surface area contributed by atoms with Gasteiger partial charge in [0.2, 0.25) is 5.88 Å². The zero-order valence-corrected chi connectivity index (χ0v) is 14.4. The van der Waals surface area contributed by atoms with Crippen LogP contribution in [0.1, 0.15) is 35.2 Å². The minimum absolute atomic E-state index is 0.0825. The largest absolute Gasteiger partial charge is 0.481 e. The minimum atomic E-state index is -0.133. The molecule has 0 saturated carbocycles. The quantitative estimate of drug-likeness (QED) is 0.783. The van der Waals surface area contributed by atoms with E-state index in [1.807, 2.05) is 41.4 Å². The Morgan fingerprint density at radius 2 is 2.08 bits per heavy atom. The van der Waals surface area contributed by atoms with Gasteiger partial charge in [-0.1, -0.05) is 30.3 Å². The van der Waals surface area contributed by atoms with Gasteiger partial charge >= 0.3 is 0 Å². The highest BCUT2D eigenvalue weighted by Gasteiger charge is 2.33. The van der Waals surface area contributed by atoms with Gasteiger partial charge in [0, 0.05) is 12.6 Å². The zero-order chi connectivity index (χ0) is 17.9. The van der Waals surface area contributed by atoms with Crippen LogP contribution in [0.2, 0.25) is 0 Å². The summed E-state index contributed by atoms with van der Waals surface area (Å²) in [7, 11) is 1.52. The molecule has 3 aromatic rings. The number of hydrogen-bond donors (Lipinski definition) is 1. The zero-order valence-electron chi connectivity index (χ0n) is 14.4. The molecule has 7 heteroatoms. The predicted molar refractivity (Wildman–Crippen MR) is 95.6 cm³/mol. The molecule has 1 aliphatic heterocycles. The smallest absolute Gasteiger partial charge is 0.273 e. The lowest BCUT2D eigenvalue weighted by molar-refractivity contribution is 0.0723. The molecule has 0 spiro atoms. The van der Waals surface area contributed by atoms with E-state index in [0.717, 1.165) is 29.9 Å². The lowest BCUT2D eigenvalue weighted by Gasteiger charge is -2.22. The van der Waals surface area contributed by atoms with Crippen molar-refractivity contribution in [1.82, 2.24) is 24.8 Å². The summed E-state index contributed by atoms with van der Waals surface area (Å²) in [5.41, 5.74) is 2.35. The van der Waals surface area contributed by atoms with Gasteiger partial charge in [0.05, 0.1) is 25.0 Å². The van der Waals surface area contributed by atoms with E-state index in [1.54, 1.807) is 6.07 Å². The molecule has 0 radical (unpaired) electrons. The topological polar surface area (TPSA) is 84.0 Å². The minimum Gasteiger partial charge on any atom is -0.481 e. The second kappa shape index (κ2) is 6.95. The van der Waals surface area contributed by atoms with Gasteiger partial charge in [-0.3, -0.25) is 4.79 Å². The van der Waals surface area contributed by atoms with Crippen LogP contribution in [-0.2, 0) is 0 Å². The van der Waals surface area contributed by atoms with Crippen molar-refractivity contribution in [3.8, 4) is 17.1 Å².